The molecule has 0 aliphatic carbocycles. The van der Waals surface area contributed by atoms with Crippen LogP contribution in [0.5, 0.6) is 11.5 Å². The van der Waals surface area contributed by atoms with Gasteiger partial charge in [0, 0.05) is 5.39 Å². The lowest BCUT2D eigenvalue weighted by molar-refractivity contribution is 0.0502. The topological polar surface area (TPSA) is 69.9 Å². The van der Waals surface area contributed by atoms with Gasteiger partial charge in [-0.1, -0.05) is 19.1 Å². The standard InChI is InChI=1S/C25H31NO5/c1-6-13-28-20-9-11-21(12-10-20)29-16-18-7-8-19-15-22(30-23(19)14-18)17(2)26-24(27)31-25(3,4)5/h7-12,14-15,17H,6,13,16H2,1-5H3,(H,26,27). The molecule has 6 nitrogen and oxygen atoms in total. The van der Waals surface area contributed by atoms with Crippen LogP contribution in [-0.2, 0) is 11.3 Å². The van der Waals surface area contributed by atoms with Crippen LogP contribution < -0.4 is 14.8 Å². The Hall–Kier alpha value is -3.15. The van der Waals surface area contributed by atoms with Gasteiger partial charge in [0.1, 0.15) is 35.1 Å². The second kappa shape index (κ2) is 9.77. The summed E-state index contributed by atoms with van der Waals surface area (Å²) in [5.74, 6) is 2.29. The van der Waals surface area contributed by atoms with E-state index in [0.717, 1.165) is 34.5 Å². The highest BCUT2D eigenvalue weighted by Gasteiger charge is 2.20. The van der Waals surface area contributed by atoms with Gasteiger partial charge in [-0.25, -0.2) is 4.79 Å². The van der Waals surface area contributed by atoms with Crippen LogP contribution in [0.15, 0.2) is 52.9 Å². The van der Waals surface area contributed by atoms with Crippen molar-refractivity contribution in [3.63, 3.8) is 0 Å². The molecule has 0 spiro atoms. The number of furan rings is 1. The molecular formula is C25H31NO5. The molecule has 31 heavy (non-hydrogen) atoms. The number of rotatable bonds is 8. The van der Waals surface area contributed by atoms with Gasteiger partial charge in [-0.2, -0.15) is 0 Å². The van der Waals surface area contributed by atoms with E-state index in [-0.39, 0.29) is 6.04 Å². The molecular weight excluding hydrogens is 394 g/mol. The van der Waals surface area contributed by atoms with Gasteiger partial charge in [-0.15, -0.1) is 0 Å². The number of carbonyl (C=O) groups excluding carboxylic acids is 1. The van der Waals surface area contributed by atoms with Crippen molar-refractivity contribution in [2.24, 2.45) is 0 Å². The van der Waals surface area contributed by atoms with E-state index in [9.17, 15) is 4.79 Å². The molecule has 1 aromatic heterocycles. The first-order valence-corrected chi connectivity index (χ1v) is 10.6. The van der Waals surface area contributed by atoms with Crippen LogP contribution in [0.4, 0.5) is 4.79 Å². The van der Waals surface area contributed by atoms with Gasteiger partial charge >= 0.3 is 6.09 Å². The molecule has 3 rings (SSSR count). The van der Waals surface area contributed by atoms with E-state index >= 15 is 0 Å². The summed E-state index contributed by atoms with van der Waals surface area (Å²) in [6.45, 7) is 10.6. The molecule has 0 fully saturated rings. The number of amides is 1. The van der Waals surface area contributed by atoms with Gasteiger partial charge < -0.3 is 23.9 Å². The Labute approximate surface area is 183 Å². The molecule has 1 atom stereocenters. The van der Waals surface area contributed by atoms with E-state index in [4.69, 9.17) is 18.6 Å². The minimum atomic E-state index is -0.546. The Morgan fingerprint density at radius 2 is 1.71 bits per heavy atom. The number of hydrogen-bond donors (Lipinski definition) is 1. The normalized spacial score (nSPS) is 12.4. The van der Waals surface area contributed by atoms with Crippen LogP contribution in [-0.4, -0.2) is 18.3 Å². The smallest absolute Gasteiger partial charge is 0.408 e. The number of fused-ring (bicyclic) bond motifs is 1. The van der Waals surface area contributed by atoms with Crippen molar-refractivity contribution in [1.82, 2.24) is 5.32 Å². The predicted octanol–water partition coefficient (Wildman–Crippen LogP) is 6.39. The Balaban J connectivity index is 1.60. The van der Waals surface area contributed by atoms with Crippen molar-refractivity contribution >= 4 is 17.1 Å². The van der Waals surface area contributed by atoms with Crippen molar-refractivity contribution in [1.29, 1.82) is 0 Å². The minimum Gasteiger partial charge on any atom is -0.494 e. The average molecular weight is 426 g/mol. The largest absolute Gasteiger partial charge is 0.494 e. The average Bonchev–Trinajstić information content (AvgIpc) is 3.13. The summed E-state index contributed by atoms with van der Waals surface area (Å²) in [4.78, 5) is 12.0. The third kappa shape index (κ3) is 6.67. The van der Waals surface area contributed by atoms with E-state index in [1.807, 2.05) is 76.2 Å². The summed E-state index contributed by atoms with van der Waals surface area (Å²) in [5.41, 5.74) is 1.19. The predicted molar refractivity (Wildman–Crippen MR) is 121 cm³/mol. The highest BCUT2D eigenvalue weighted by molar-refractivity contribution is 5.79. The lowest BCUT2D eigenvalue weighted by atomic mass is 10.1. The molecule has 0 aliphatic heterocycles. The highest BCUT2D eigenvalue weighted by atomic mass is 16.6. The first kappa shape index (κ1) is 22.5. The van der Waals surface area contributed by atoms with Crippen molar-refractivity contribution in [2.75, 3.05) is 6.61 Å². The first-order valence-electron chi connectivity index (χ1n) is 10.6. The van der Waals surface area contributed by atoms with Crippen molar-refractivity contribution in [3.8, 4) is 11.5 Å². The molecule has 1 N–H and O–H groups in total. The van der Waals surface area contributed by atoms with Crippen LogP contribution in [0, 0.1) is 0 Å². The number of nitrogens with one attached hydrogen (secondary N) is 1. The van der Waals surface area contributed by atoms with E-state index in [1.165, 1.54) is 0 Å². The van der Waals surface area contributed by atoms with Crippen LogP contribution in [0.25, 0.3) is 11.0 Å². The summed E-state index contributed by atoms with van der Waals surface area (Å²) in [6.07, 6.45) is 0.506. The van der Waals surface area contributed by atoms with Crippen molar-refractivity contribution in [3.05, 3.63) is 59.9 Å². The van der Waals surface area contributed by atoms with Crippen LogP contribution in [0.1, 0.15) is 58.4 Å². The molecule has 0 radical (unpaired) electrons. The molecule has 0 saturated carbocycles. The zero-order chi connectivity index (χ0) is 22.4. The first-order chi connectivity index (χ1) is 14.7. The third-order valence-electron chi connectivity index (χ3n) is 4.47. The fraction of sp³-hybridized carbons (Fsp3) is 0.400. The summed E-state index contributed by atoms with van der Waals surface area (Å²) in [7, 11) is 0. The molecule has 2 aromatic carbocycles. The van der Waals surface area contributed by atoms with E-state index in [0.29, 0.717) is 19.0 Å². The SMILES string of the molecule is CCCOc1ccc(OCc2ccc3cc(C(C)NC(=O)OC(C)(C)C)oc3c2)cc1. The van der Waals surface area contributed by atoms with Gasteiger partial charge in [0.2, 0.25) is 0 Å². The minimum absolute atomic E-state index is 0.310. The van der Waals surface area contributed by atoms with Crippen molar-refractivity contribution in [2.45, 2.75) is 59.3 Å². The summed E-state index contributed by atoms with van der Waals surface area (Å²) in [5, 5.41) is 3.77. The molecule has 3 aromatic rings. The van der Waals surface area contributed by atoms with Crippen LogP contribution >= 0.6 is 0 Å². The lowest BCUT2D eigenvalue weighted by Gasteiger charge is -2.21. The Kier molecular flexibility index (Phi) is 7.10. The van der Waals surface area contributed by atoms with Gasteiger partial charge in [-0.05, 0) is 76.1 Å². The summed E-state index contributed by atoms with van der Waals surface area (Å²) < 4.78 is 22.7. The Bertz CT molecular complexity index is 1000. The second-order valence-corrected chi connectivity index (χ2v) is 8.50. The maximum Gasteiger partial charge on any atom is 0.408 e. The Morgan fingerprint density at radius 3 is 2.35 bits per heavy atom. The summed E-state index contributed by atoms with van der Waals surface area (Å²) in [6, 6.07) is 15.2. The highest BCUT2D eigenvalue weighted by Crippen LogP contribution is 2.26. The molecule has 1 amide bonds. The molecule has 0 saturated heterocycles. The molecule has 1 heterocycles. The van der Waals surface area contributed by atoms with E-state index in [1.54, 1.807) is 0 Å². The Morgan fingerprint density at radius 1 is 1.03 bits per heavy atom. The molecule has 6 heteroatoms. The zero-order valence-electron chi connectivity index (χ0n) is 18.9. The van der Waals surface area contributed by atoms with Gasteiger partial charge in [-0.3, -0.25) is 0 Å². The number of carbonyl (C=O) groups is 1. The van der Waals surface area contributed by atoms with Crippen LogP contribution in [0.2, 0.25) is 0 Å². The molecule has 0 bridgehead atoms. The van der Waals surface area contributed by atoms with Gasteiger partial charge in [0.05, 0.1) is 12.6 Å². The second-order valence-electron chi connectivity index (χ2n) is 8.50. The van der Waals surface area contributed by atoms with Crippen LogP contribution in [0.3, 0.4) is 0 Å². The zero-order valence-corrected chi connectivity index (χ0v) is 18.9. The quantitative estimate of drug-likeness (QED) is 0.453. The monoisotopic (exact) mass is 425 g/mol. The van der Waals surface area contributed by atoms with Crippen molar-refractivity contribution < 1.29 is 23.4 Å². The number of alkyl carbamates (subject to hydrolysis) is 1. The maximum atomic E-state index is 12.0. The maximum absolute atomic E-state index is 12.0. The number of ether oxygens (including phenoxy) is 3. The third-order valence-corrected chi connectivity index (χ3v) is 4.47. The lowest BCUT2D eigenvalue weighted by Crippen LogP contribution is -2.33. The van der Waals surface area contributed by atoms with Gasteiger partial charge in [0.25, 0.3) is 0 Å². The van der Waals surface area contributed by atoms with E-state index < -0.39 is 11.7 Å². The fourth-order valence-corrected chi connectivity index (χ4v) is 2.97. The number of benzene rings is 2. The number of hydrogen-bond acceptors (Lipinski definition) is 5. The summed E-state index contributed by atoms with van der Waals surface area (Å²) >= 11 is 0. The van der Waals surface area contributed by atoms with Gasteiger partial charge in [0.15, 0.2) is 0 Å². The molecule has 166 valence electrons. The molecule has 0 aliphatic rings. The fourth-order valence-electron chi connectivity index (χ4n) is 2.97. The van der Waals surface area contributed by atoms with E-state index in [2.05, 4.69) is 12.2 Å². The molecule has 1 unspecified atom stereocenters.